The summed E-state index contributed by atoms with van der Waals surface area (Å²) in [5.74, 6) is -21.4. The van der Waals surface area contributed by atoms with E-state index in [0.717, 1.165) is 28.7 Å². The Labute approximate surface area is 285 Å². The van der Waals surface area contributed by atoms with E-state index in [4.69, 9.17) is 4.74 Å². The molecule has 0 saturated heterocycles. The second-order valence-electron chi connectivity index (χ2n) is 12.4. The van der Waals surface area contributed by atoms with Gasteiger partial charge in [0.25, 0.3) is 0 Å². The number of hydrogen-bond donors (Lipinski definition) is 1. The van der Waals surface area contributed by atoms with Gasteiger partial charge in [0, 0.05) is 36.4 Å². The summed E-state index contributed by atoms with van der Waals surface area (Å²) in [4.78, 5) is 38.3. The smallest absolute Gasteiger partial charge is 0.407 e. The van der Waals surface area contributed by atoms with Crippen LogP contribution in [-0.2, 0) is 14.3 Å². The lowest BCUT2D eigenvalue weighted by atomic mass is 9.86. The molecule has 15 heteroatoms. The minimum Gasteiger partial charge on any atom is -0.449 e. The number of alkyl carbamates (subject to hydrolysis) is 1. The summed E-state index contributed by atoms with van der Waals surface area (Å²) in [5.41, 5.74) is 2.42. The molecular weight excluding hydrogens is 694 g/mol. The van der Waals surface area contributed by atoms with Crippen LogP contribution in [0.4, 0.5) is 39.9 Å². The average Bonchev–Trinajstić information content (AvgIpc) is 3.42. The van der Waals surface area contributed by atoms with Crippen molar-refractivity contribution < 1.29 is 63.7 Å². The summed E-state index contributed by atoms with van der Waals surface area (Å²) in [5, 5.41) is 2.50. The standard InChI is InChI=1S/C36H29F8NO6/c1-17-6-5-9-20-21(18-7-3-4-8-19(18)28(17)20)16-49-35(48)45-36(2,12-10-26(46)50-33-29(41)22(37)14-23(38)30(33)42)13-11-27(47)51-34-31(43)24(39)15-25(40)32(34)44/h3-5,7-9,14-15,17,21H,6,10-13,16H2,1-2H3,(H,45,48). The summed E-state index contributed by atoms with van der Waals surface area (Å²) >= 11 is 0. The summed E-state index contributed by atoms with van der Waals surface area (Å²) in [6, 6.07) is 7.45. The first-order valence-electron chi connectivity index (χ1n) is 15.6. The number of amides is 1. The zero-order valence-corrected chi connectivity index (χ0v) is 27.0. The van der Waals surface area contributed by atoms with E-state index >= 15 is 0 Å². The highest BCUT2D eigenvalue weighted by atomic mass is 19.2. The van der Waals surface area contributed by atoms with Crippen molar-refractivity contribution in [1.82, 2.24) is 5.32 Å². The van der Waals surface area contributed by atoms with Gasteiger partial charge < -0.3 is 19.5 Å². The summed E-state index contributed by atoms with van der Waals surface area (Å²) in [6.45, 7) is 3.25. The van der Waals surface area contributed by atoms with E-state index in [1.807, 2.05) is 36.4 Å². The Morgan fingerprint density at radius 3 is 1.78 bits per heavy atom. The van der Waals surface area contributed by atoms with Gasteiger partial charge in [-0.15, -0.1) is 0 Å². The molecule has 3 aromatic rings. The predicted molar refractivity (Wildman–Crippen MR) is 164 cm³/mol. The second kappa shape index (κ2) is 15.0. The first-order chi connectivity index (χ1) is 24.1. The van der Waals surface area contributed by atoms with Crippen molar-refractivity contribution in [3.63, 3.8) is 0 Å². The number of ether oxygens (including phenoxy) is 3. The van der Waals surface area contributed by atoms with Gasteiger partial charge in [-0.2, -0.15) is 17.6 Å². The minimum absolute atomic E-state index is 0.0870. The van der Waals surface area contributed by atoms with Crippen LogP contribution in [0.1, 0.15) is 63.0 Å². The maximum atomic E-state index is 14.1. The molecule has 0 saturated carbocycles. The van der Waals surface area contributed by atoms with Crippen molar-refractivity contribution >= 4 is 23.6 Å². The number of nitrogens with one attached hydrogen (secondary N) is 1. The lowest BCUT2D eigenvalue weighted by Gasteiger charge is -2.30. The van der Waals surface area contributed by atoms with E-state index in [0.29, 0.717) is 0 Å². The van der Waals surface area contributed by atoms with Gasteiger partial charge >= 0.3 is 18.0 Å². The molecule has 0 heterocycles. The van der Waals surface area contributed by atoms with Gasteiger partial charge in [0.1, 0.15) is 6.61 Å². The molecule has 0 aliphatic heterocycles. The van der Waals surface area contributed by atoms with E-state index in [-0.39, 0.29) is 30.6 Å². The molecular formula is C36H29F8NO6. The zero-order valence-electron chi connectivity index (χ0n) is 27.0. The molecule has 7 nitrogen and oxygen atoms in total. The normalized spacial score (nSPS) is 16.4. The lowest BCUT2D eigenvalue weighted by Crippen LogP contribution is -2.47. The summed E-state index contributed by atoms with van der Waals surface area (Å²) in [7, 11) is 0. The Morgan fingerprint density at radius 2 is 1.27 bits per heavy atom. The van der Waals surface area contributed by atoms with Crippen LogP contribution in [0.5, 0.6) is 11.5 Å². The molecule has 5 rings (SSSR count). The maximum absolute atomic E-state index is 14.1. The van der Waals surface area contributed by atoms with Crippen molar-refractivity contribution in [1.29, 1.82) is 0 Å². The molecule has 3 aromatic carbocycles. The molecule has 0 radical (unpaired) electrons. The highest BCUT2D eigenvalue weighted by Gasteiger charge is 2.36. The third-order valence-corrected chi connectivity index (χ3v) is 8.71. The monoisotopic (exact) mass is 723 g/mol. The minimum atomic E-state index is -1.98. The number of esters is 2. The van der Waals surface area contributed by atoms with Crippen molar-refractivity contribution in [3.05, 3.63) is 112 Å². The SMILES string of the molecule is CC1CC=CC2=C1c1ccccc1C2COC(=O)NC(C)(CCC(=O)Oc1c(F)c(F)cc(F)c1F)CCC(=O)Oc1c(F)c(F)cc(F)c1F. The van der Waals surface area contributed by atoms with E-state index < -0.39 is 107 Å². The molecule has 0 spiro atoms. The van der Waals surface area contributed by atoms with Crippen LogP contribution < -0.4 is 14.8 Å². The number of carbonyl (C=O) groups excluding carboxylic acids is 3. The third kappa shape index (κ3) is 7.92. The van der Waals surface area contributed by atoms with Gasteiger partial charge in [-0.1, -0.05) is 43.3 Å². The van der Waals surface area contributed by atoms with E-state index in [2.05, 4.69) is 21.7 Å². The molecule has 2 aliphatic rings. The Balaban J connectivity index is 1.30. The lowest BCUT2D eigenvalue weighted by molar-refractivity contribution is -0.135. The van der Waals surface area contributed by atoms with Gasteiger partial charge in [-0.05, 0) is 54.4 Å². The van der Waals surface area contributed by atoms with Crippen LogP contribution in [-0.4, -0.2) is 30.2 Å². The second-order valence-corrected chi connectivity index (χ2v) is 12.4. The Hall–Kier alpha value is -5.21. The number of halogens is 8. The van der Waals surface area contributed by atoms with Gasteiger partial charge in [0.2, 0.25) is 34.8 Å². The third-order valence-electron chi connectivity index (χ3n) is 8.71. The predicted octanol–water partition coefficient (Wildman–Crippen LogP) is 8.50. The molecule has 2 atom stereocenters. The zero-order chi connectivity index (χ0) is 37.2. The van der Waals surface area contributed by atoms with Crippen LogP contribution in [0, 0.1) is 52.5 Å². The first-order valence-corrected chi connectivity index (χ1v) is 15.6. The van der Waals surface area contributed by atoms with E-state index in [1.165, 1.54) is 6.92 Å². The van der Waals surface area contributed by atoms with Crippen LogP contribution >= 0.6 is 0 Å². The van der Waals surface area contributed by atoms with Gasteiger partial charge in [-0.25, -0.2) is 22.4 Å². The number of allylic oxidation sites excluding steroid dienone is 3. The van der Waals surface area contributed by atoms with Crippen molar-refractivity contribution in [2.24, 2.45) is 5.92 Å². The molecule has 1 N–H and O–H groups in total. The Morgan fingerprint density at radius 1 is 0.784 bits per heavy atom. The molecule has 2 unspecified atom stereocenters. The topological polar surface area (TPSA) is 90.9 Å². The molecule has 2 aliphatic carbocycles. The largest absolute Gasteiger partial charge is 0.449 e. The van der Waals surface area contributed by atoms with Crippen LogP contribution in [0.25, 0.3) is 5.57 Å². The van der Waals surface area contributed by atoms with Gasteiger partial charge in [0.05, 0.1) is 0 Å². The molecule has 0 bridgehead atoms. The van der Waals surface area contributed by atoms with Gasteiger partial charge in [0.15, 0.2) is 23.3 Å². The highest BCUT2D eigenvalue weighted by Crippen LogP contribution is 2.48. The van der Waals surface area contributed by atoms with E-state index in [9.17, 15) is 49.5 Å². The highest BCUT2D eigenvalue weighted by molar-refractivity contribution is 5.83. The molecule has 1 amide bonds. The van der Waals surface area contributed by atoms with Crippen LogP contribution in [0.2, 0.25) is 0 Å². The molecule has 0 aromatic heterocycles. The van der Waals surface area contributed by atoms with Gasteiger partial charge in [-0.3, -0.25) is 9.59 Å². The molecule has 0 fully saturated rings. The molecule has 270 valence electrons. The summed E-state index contributed by atoms with van der Waals surface area (Å²) < 4.78 is 125. The Bertz CT molecular complexity index is 1830. The molecule has 51 heavy (non-hydrogen) atoms. The Kier molecular flexibility index (Phi) is 10.9. The average molecular weight is 724 g/mol. The summed E-state index contributed by atoms with van der Waals surface area (Å²) in [6.07, 6.45) is 1.31. The number of benzene rings is 3. The first kappa shape index (κ1) is 37.1. The fourth-order valence-corrected chi connectivity index (χ4v) is 6.07. The number of rotatable bonds is 11. The van der Waals surface area contributed by atoms with Crippen molar-refractivity contribution in [3.8, 4) is 11.5 Å². The number of carbonyl (C=O) groups is 3. The van der Waals surface area contributed by atoms with Crippen LogP contribution in [0.3, 0.4) is 0 Å². The number of fused-ring (bicyclic) bond motifs is 2. The fraction of sp³-hybridized carbons (Fsp3) is 0.306. The maximum Gasteiger partial charge on any atom is 0.407 e. The quantitative estimate of drug-likeness (QED) is 0.0924. The van der Waals surface area contributed by atoms with Crippen molar-refractivity contribution in [2.75, 3.05) is 6.61 Å². The fourth-order valence-electron chi connectivity index (χ4n) is 6.07. The van der Waals surface area contributed by atoms with Crippen LogP contribution in [0.15, 0.2) is 54.1 Å². The number of hydrogen-bond acceptors (Lipinski definition) is 6. The van der Waals surface area contributed by atoms with E-state index in [1.54, 1.807) is 0 Å². The van der Waals surface area contributed by atoms with Crippen molar-refractivity contribution in [2.45, 2.75) is 57.4 Å².